The average molecular weight is 184 g/mol. The third-order valence-corrected chi connectivity index (χ3v) is 3.45. The van der Waals surface area contributed by atoms with E-state index in [0.717, 1.165) is 19.0 Å². The molecule has 0 radical (unpaired) electrons. The zero-order chi connectivity index (χ0) is 9.90. The number of rotatable bonds is 6. The van der Waals surface area contributed by atoms with Crippen LogP contribution in [0.1, 0.15) is 33.6 Å². The lowest BCUT2D eigenvalue weighted by Gasteiger charge is -2.13. The van der Waals surface area contributed by atoms with Crippen LogP contribution in [0.3, 0.4) is 0 Å². The number of hydrogen-bond donors (Lipinski definition) is 2. The molecule has 0 aromatic carbocycles. The van der Waals surface area contributed by atoms with Crippen LogP contribution < -0.4 is 11.1 Å². The highest BCUT2D eigenvalue weighted by Crippen LogP contribution is 2.50. The monoisotopic (exact) mass is 184 g/mol. The Bertz CT molecular complexity index is 148. The molecule has 0 aromatic rings. The molecule has 0 amide bonds. The van der Waals surface area contributed by atoms with E-state index in [-0.39, 0.29) is 0 Å². The van der Waals surface area contributed by atoms with Crippen molar-refractivity contribution < 1.29 is 0 Å². The van der Waals surface area contributed by atoms with E-state index >= 15 is 0 Å². The summed E-state index contributed by atoms with van der Waals surface area (Å²) in [6.07, 6.45) is 2.58. The Hall–Kier alpha value is -0.0800. The van der Waals surface area contributed by atoms with Crippen molar-refractivity contribution >= 4 is 0 Å². The van der Waals surface area contributed by atoms with Crippen molar-refractivity contribution in [3.8, 4) is 0 Å². The molecule has 1 rings (SSSR count). The molecule has 0 heterocycles. The molecule has 1 aliphatic carbocycles. The molecule has 0 spiro atoms. The van der Waals surface area contributed by atoms with Gasteiger partial charge in [0.15, 0.2) is 0 Å². The molecular formula is C11H24N2. The summed E-state index contributed by atoms with van der Waals surface area (Å²) in [4.78, 5) is 0. The van der Waals surface area contributed by atoms with Crippen LogP contribution in [-0.4, -0.2) is 19.6 Å². The van der Waals surface area contributed by atoms with Gasteiger partial charge in [-0.05, 0) is 43.3 Å². The van der Waals surface area contributed by atoms with E-state index in [1.165, 1.54) is 19.4 Å². The molecular weight excluding hydrogens is 160 g/mol. The van der Waals surface area contributed by atoms with Crippen LogP contribution in [0.15, 0.2) is 0 Å². The zero-order valence-electron chi connectivity index (χ0n) is 9.27. The summed E-state index contributed by atoms with van der Waals surface area (Å²) in [5.41, 5.74) is 6.24. The standard InChI is InChI=1S/C11H24N2/c1-4-9(6-12)7-13-8-10-5-11(10,2)3/h9-10,13H,4-8,12H2,1-3H3. The molecule has 3 N–H and O–H groups in total. The number of nitrogens with two attached hydrogens (primary N) is 1. The van der Waals surface area contributed by atoms with Crippen LogP contribution in [0.25, 0.3) is 0 Å². The largest absolute Gasteiger partial charge is 0.330 e. The van der Waals surface area contributed by atoms with Crippen molar-refractivity contribution in [2.75, 3.05) is 19.6 Å². The summed E-state index contributed by atoms with van der Waals surface area (Å²) in [6, 6.07) is 0. The predicted molar refractivity (Wildman–Crippen MR) is 57.6 cm³/mol. The Kier molecular flexibility index (Phi) is 3.74. The van der Waals surface area contributed by atoms with Crippen LogP contribution in [-0.2, 0) is 0 Å². The van der Waals surface area contributed by atoms with Gasteiger partial charge in [0.05, 0.1) is 0 Å². The summed E-state index contributed by atoms with van der Waals surface area (Å²) in [5.74, 6) is 1.57. The van der Waals surface area contributed by atoms with Gasteiger partial charge in [0, 0.05) is 0 Å². The first kappa shape index (κ1) is 11.0. The van der Waals surface area contributed by atoms with Crippen LogP contribution in [0.5, 0.6) is 0 Å². The second kappa shape index (κ2) is 4.43. The summed E-state index contributed by atoms with van der Waals surface area (Å²) in [7, 11) is 0. The normalized spacial score (nSPS) is 27.2. The Balaban J connectivity index is 2.01. The smallest absolute Gasteiger partial charge is 0.000844 e. The summed E-state index contributed by atoms with van der Waals surface area (Å²) < 4.78 is 0. The van der Waals surface area contributed by atoms with Gasteiger partial charge in [-0.15, -0.1) is 0 Å². The lowest BCUT2D eigenvalue weighted by atomic mass is 10.1. The highest BCUT2D eigenvalue weighted by molar-refractivity contribution is 4.96. The minimum atomic E-state index is 0.609. The molecule has 78 valence electrons. The number of hydrogen-bond acceptors (Lipinski definition) is 2. The van der Waals surface area contributed by atoms with Crippen molar-refractivity contribution in [1.29, 1.82) is 0 Å². The van der Waals surface area contributed by atoms with Gasteiger partial charge in [-0.1, -0.05) is 27.2 Å². The van der Waals surface area contributed by atoms with E-state index in [2.05, 4.69) is 26.1 Å². The summed E-state index contributed by atoms with van der Waals surface area (Å²) in [5, 5.41) is 3.52. The van der Waals surface area contributed by atoms with E-state index in [4.69, 9.17) is 5.73 Å². The maximum atomic E-state index is 5.63. The zero-order valence-corrected chi connectivity index (χ0v) is 9.27. The van der Waals surface area contributed by atoms with Crippen molar-refractivity contribution in [1.82, 2.24) is 5.32 Å². The van der Waals surface area contributed by atoms with Crippen molar-refractivity contribution in [3.63, 3.8) is 0 Å². The molecule has 1 saturated carbocycles. The Morgan fingerprint density at radius 2 is 2.15 bits per heavy atom. The van der Waals surface area contributed by atoms with E-state index in [1.807, 2.05) is 0 Å². The lowest BCUT2D eigenvalue weighted by Crippen LogP contribution is -2.29. The van der Waals surface area contributed by atoms with Crippen molar-refractivity contribution in [3.05, 3.63) is 0 Å². The second-order valence-electron chi connectivity index (χ2n) is 5.06. The van der Waals surface area contributed by atoms with Gasteiger partial charge < -0.3 is 11.1 Å². The third kappa shape index (κ3) is 3.28. The van der Waals surface area contributed by atoms with Crippen LogP contribution in [0, 0.1) is 17.3 Å². The summed E-state index contributed by atoms with van der Waals surface area (Å²) in [6.45, 7) is 10.0. The van der Waals surface area contributed by atoms with Gasteiger partial charge in [0.2, 0.25) is 0 Å². The van der Waals surface area contributed by atoms with E-state index in [0.29, 0.717) is 11.3 Å². The molecule has 0 aliphatic heterocycles. The SMILES string of the molecule is CCC(CN)CNCC1CC1(C)C. The highest BCUT2D eigenvalue weighted by atomic mass is 14.9. The van der Waals surface area contributed by atoms with Gasteiger partial charge in [0.1, 0.15) is 0 Å². The molecule has 2 unspecified atom stereocenters. The Morgan fingerprint density at radius 1 is 1.54 bits per heavy atom. The van der Waals surface area contributed by atoms with Crippen LogP contribution in [0.4, 0.5) is 0 Å². The quantitative estimate of drug-likeness (QED) is 0.658. The fraction of sp³-hybridized carbons (Fsp3) is 1.00. The Labute approximate surface area is 82.3 Å². The fourth-order valence-corrected chi connectivity index (χ4v) is 1.78. The molecule has 1 fully saturated rings. The second-order valence-corrected chi connectivity index (χ2v) is 5.06. The van der Waals surface area contributed by atoms with Gasteiger partial charge >= 0.3 is 0 Å². The van der Waals surface area contributed by atoms with Gasteiger partial charge in [-0.2, -0.15) is 0 Å². The van der Waals surface area contributed by atoms with E-state index in [1.54, 1.807) is 0 Å². The predicted octanol–water partition coefficient (Wildman–Crippen LogP) is 1.61. The minimum Gasteiger partial charge on any atom is -0.330 e. The molecule has 2 nitrogen and oxygen atoms in total. The molecule has 0 bridgehead atoms. The molecule has 13 heavy (non-hydrogen) atoms. The minimum absolute atomic E-state index is 0.609. The molecule has 2 atom stereocenters. The lowest BCUT2D eigenvalue weighted by molar-refractivity contribution is 0.445. The number of nitrogens with one attached hydrogen (secondary N) is 1. The first-order chi connectivity index (χ1) is 6.10. The van der Waals surface area contributed by atoms with Crippen LogP contribution in [0.2, 0.25) is 0 Å². The van der Waals surface area contributed by atoms with E-state index < -0.39 is 0 Å². The maximum Gasteiger partial charge on any atom is -0.000844 e. The van der Waals surface area contributed by atoms with Gasteiger partial charge in [-0.3, -0.25) is 0 Å². The van der Waals surface area contributed by atoms with Crippen molar-refractivity contribution in [2.24, 2.45) is 23.0 Å². The van der Waals surface area contributed by atoms with E-state index in [9.17, 15) is 0 Å². The van der Waals surface area contributed by atoms with Gasteiger partial charge in [-0.25, -0.2) is 0 Å². The first-order valence-electron chi connectivity index (χ1n) is 5.51. The topological polar surface area (TPSA) is 38.0 Å². The molecule has 0 aromatic heterocycles. The summed E-state index contributed by atoms with van der Waals surface area (Å²) >= 11 is 0. The maximum absolute atomic E-state index is 5.63. The Morgan fingerprint density at radius 3 is 2.54 bits per heavy atom. The van der Waals surface area contributed by atoms with Crippen LogP contribution >= 0.6 is 0 Å². The fourth-order valence-electron chi connectivity index (χ4n) is 1.78. The third-order valence-electron chi connectivity index (χ3n) is 3.45. The molecule has 2 heteroatoms. The first-order valence-corrected chi connectivity index (χ1v) is 5.51. The molecule has 0 saturated heterocycles. The average Bonchev–Trinajstić information content (AvgIpc) is 2.68. The highest BCUT2D eigenvalue weighted by Gasteiger charge is 2.44. The molecule has 1 aliphatic rings. The van der Waals surface area contributed by atoms with Gasteiger partial charge in [0.25, 0.3) is 0 Å². The van der Waals surface area contributed by atoms with Crippen molar-refractivity contribution in [2.45, 2.75) is 33.6 Å².